The molecule has 116 valence electrons. The Kier molecular flexibility index (Phi) is 4.48. The lowest BCUT2D eigenvalue weighted by molar-refractivity contribution is -0.135. The molecular formula is C16H20N4O2. The van der Waals surface area contributed by atoms with Gasteiger partial charge in [0.25, 0.3) is 0 Å². The van der Waals surface area contributed by atoms with Crippen LogP contribution in [0.25, 0.3) is 0 Å². The van der Waals surface area contributed by atoms with Gasteiger partial charge >= 0.3 is 0 Å². The molecule has 0 spiro atoms. The van der Waals surface area contributed by atoms with Crippen LogP contribution < -0.4 is 0 Å². The molecule has 0 aliphatic carbocycles. The zero-order chi connectivity index (χ0) is 15.4. The monoisotopic (exact) mass is 300 g/mol. The van der Waals surface area contributed by atoms with E-state index in [-0.39, 0.29) is 11.8 Å². The molecule has 0 saturated carbocycles. The molecule has 2 aromatic heterocycles. The molecule has 0 aromatic carbocycles. The summed E-state index contributed by atoms with van der Waals surface area (Å²) in [5.74, 6) is 1.03. The summed E-state index contributed by atoms with van der Waals surface area (Å²) in [5, 5.41) is 9.04. The normalized spacial score (nSPS) is 18.4. The first-order chi connectivity index (χ1) is 10.8. The molecule has 0 radical (unpaired) electrons. The van der Waals surface area contributed by atoms with E-state index in [9.17, 15) is 4.79 Å². The number of carbonyl (C=O) groups is 1. The van der Waals surface area contributed by atoms with Crippen LogP contribution in [0.15, 0.2) is 36.9 Å². The van der Waals surface area contributed by atoms with Gasteiger partial charge in [0.15, 0.2) is 0 Å². The number of aliphatic hydroxyl groups is 1. The number of carbonyl (C=O) groups excluding carboxylic acids is 1. The molecule has 1 aliphatic rings. The average molecular weight is 300 g/mol. The van der Waals surface area contributed by atoms with Crippen LogP contribution in [-0.4, -0.2) is 50.1 Å². The van der Waals surface area contributed by atoms with E-state index in [1.807, 2.05) is 24.5 Å². The number of nitrogens with zero attached hydrogens (tertiary/aromatic N) is 4. The van der Waals surface area contributed by atoms with Gasteiger partial charge in [0, 0.05) is 50.3 Å². The second-order valence-electron chi connectivity index (χ2n) is 5.61. The van der Waals surface area contributed by atoms with Crippen molar-refractivity contribution in [3.63, 3.8) is 0 Å². The molecule has 0 unspecified atom stereocenters. The standard InChI is InChI=1S/C16H20N4O2/c21-12-15(22)19-8-1-2-14(11-19)16-18-7-9-20(16)10-13-3-5-17-6-4-13/h3-7,9,14,21H,1-2,8,10-12H2/t14-/m0/s1. The van der Waals surface area contributed by atoms with Crippen molar-refractivity contribution in [2.24, 2.45) is 0 Å². The van der Waals surface area contributed by atoms with Crippen LogP contribution in [0.3, 0.4) is 0 Å². The second-order valence-corrected chi connectivity index (χ2v) is 5.61. The van der Waals surface area contributed by atoms with Crippen molar-refractivity contribution in [1.29, 1.82) is 0 Å². The minimum absolute atomic E-state index is 0.197. The summed E-state index contributed by atoms with van der Waals surface area (Å²) in [6.45, 7) is 1.69. The van der Waals surface area contributed by atoms with Gasteiger partial charge in [-0.05, 0) is 30.5 Å². The largest absolute Gasteiger partial charge is 0.387 e. The quantitative estimate of drug-likeness (QED) is 0.915. The highest BCUT2D eigenvalue weighted by Gasteiger charge is 2.26. The van der Waals surface area contributed by atoms with E-state index in [0.717, 1.165) is 31.8 Å². The second kappa shape index (κ2) is 6.70. The molecule has 1 fully saturated rings. The maximum absolute atomic E-state index is 11.7. The van der Waals surface area contributed by atoms with Gasteiger partial charge in [-0.1, -0.05) is 0 Å². The lowest BCUT2D eigenvalue weighted by Crippen LogP contribution is -2.41. The highest BCUT2D eigenvalue weighted by atomic mass is 16.3. The third-order valence-electron chi connectivity index (χ3n) is 4.12. The van der Waals surface area contributed by atoms with Crippen molar-refractivity contribution >= 4 is 5.91 Å². The molecule has 1 aliphatic heterocycles. The van der Waals surface area contributed by atoms with E-state index >= 15 is 0 Å². The number of imidazole rings is 1. The van der Waals surface area contributed by atoms with E-state index in [2.05, 4.69) is 14.5 Å². The van der Waals surface area contributed by atoms with Crippen LogP contribution in [-0.2, 0) is 11.3 Å². The molecule has 0 bridgehead atoms. The summed E-state index contributed by atoms with van der Waals surface area (Å²) >= 11 is 0. The van der Waals surface area contributed by atoms with E-state index in [0.29, 0.717) is 6.54 Å². The Bertz CT molecular complexity index is 626. The van der Waals surface area contributed by atoms with Crippen molar-refractivity contribution < 1.29 is 9.90 Å². The van der Waals surface area contributed by atoms with E-state index < -0.39 is 6.61 Å². The van der Waals surface area contributed by atoms with Gasteiger partial charge in [0.05, 0.1) is 0 Å². The first kappa shape index (κ1) is 14.7. The zero-order valence-electron chi connectivity index (χ0n) is 12.4. The molecule has 1 N–H and O–H groups in total. The smallest absolute Gasteiger partial charge is 0.248 e. The van der Waals surface area contributed by atoms with E-state index in [1.165, 1.54) is 5.56 Å². The Morgan fingerprint density at radius 1 is 1.32 bits per heavy atom. The summed E-state index contributed by atoms with van der Waals surface area (Å²) in [5.41, 5.74) is 1.17. The Hall–Kier alpha value is -2.21. The van der Waals surface area contributed by atoms with Crippen molar-refractivity contribution in [3.8, 4) is 0 Å². The summed E-state index contributed by atoms with van der Waals surface area (Å²) in [7, 11) is 0. The molecule has 6 nitrogen and oxygen atoms in total. The Morgan fingerprint density at radius 3 is 2.91 bits per heavy atom. The number of aliphatic hydroxyl groups excluding tert-OH is 1. The van der Waals surface area contributed by atoms with Gasteiger partial charge in [-0.25, -0.2) is 4.98 Å². The molecule has 22 heavy (non-hydrogen) atoms. The number of pyridine rings is 1. The Balaban J connectivity index is 1.75. The first-order valence-electron chi connectivity index (χ1n) is 7.56. The third-order valence-corrected chi connectivity index (χ3v) is 4.12. The molecule has 1 atom stereocenters. The first-order valence-corrected chi connectivity index (χ1v) is 7.56. The zero-order valence-corrected chi connectivity index (χ0v) is 12.4. The van der Waals surface area contributed by atoms with Gasteiger partial charge in [0.2, 0.25) is 5.91 Å². The summed E-state index contributed by atoms with van der Waals surface area (Å²) < 4.78 is 2.13. The van der Waals surface area contributed by atoms with Crippen LogP contribution in [0.1, 0.15) is 30.1 Å². The summed E-state index contributed by atoms with van der Waals surface area (Å²) in [4.78, 5) is 22.0. The summed E-state index contributed by atoms with van der Waals surface area (Å²) in [6, 6.07) is 3.98. The Labute approximate surface area is 129 Å². The number of likely N-dealkylation sites (tertiary alicyclic amines) is 1. The van der Waals surface area contributed by atoms with Crippen molar-refractivity contribution in [2.45, 2.75) is 25.3 Å². The average Bonchev–Trinajstić information content (AvgIpc) is 3.03. The predicted molar refractivity (Wildman–Crippen MR) is 81.2 cm³/mol. The number of hydrogen-bond donors (Lipinski definition) is 1. The van der Waals surface area contributed by atoms with Crippen LogP contribution in [0, 0.1) is 0 Å². The maximum Gasteiger partial charge on any atom is 0.248 e. The lowest BCUT2D eigenvalue weighted by Gasteiger charge is -2.32. The molecule has 3 rings (SSSR count). The molecular weight excluding hydrogens is 280 g/mol. The van der Waals surface area contributed by atoms with E-state index in [4.69, 9.17) is 5.11 Å². The minimum atomic E-state index is -0.418. The minimum Gasteiger partial charge on any atom is -0.387 e. The molecule has 6 heteroatoms. The van der Waals surface area contributed by atoms with Gasteiger partial charge in [-0.15, -0.1) is 0 Å². The lowest BCUT2D eigenvalue weighted by atomic mass is 9.97. The third kappa shape index (κ3) is 3.17. The van der Waals surface area contributed by atoms with Crippen LogP contribution in [0.2, 0.25) is 0 Å². The highest BCUT2D eigenvalue weighted by Crippen LogP contribution is 2.26. The number of piperidine rings is 1. The molecule has 1 amide bonds. The van der Waals surface area contributed by atoms with Gasteiger partial charge in [-0.3, -0.25) is 9.78 Å². The van der Waals surface area contributed by atoms with Gasteiger partial charge in [0.1, 0.15) is 12.4 Å². The number of amides is 1. The number of rotatable bonds is 4. The maximum atomic E-state index is 11.7. The molecule has 3 heterocycles. The molecule has 1 saturated heterocycles. The van der Waals surface area contributed by atoms with Crippen molar-refractivity contribution in [3.05, 3.63) is 48.3 Å². The Morgan fingerprint density at radius 2 is 2.14 bits per heavy atom. The summed E-state index contributed by atoms with van der Waals surface area (Å²) in [6.07, 6.45) is 9.31. The number of aromatic nitrogens is 3. The van der Waals surface area contributed by atoms with Gasteiger partial charge < -0.3 is 14.6 Å². The highest BCUT2D eigenvalue weighted by molar-refractivity contribution is 5.77. The predicted octanol–water partition coefficient (Wildman–Crippen LogP) is 1.02. The van der Waals surface area contributed by atoms with Crippen LogP contribution in [0.4, 0.5) is 0 Å². The topological polar surface area (TPSA) is 71.2 Å². The van der Waals surface area contributed by atoms with Crippen molar-refractivity contribution in [1.82, 2.24) is 19.4 Å². The molecule has 2 aromatic rings. The van der Waals surface area contributed by atoms with Crippen LogP contribution >= 0.6 is 0 Å². The fraction of sp³-hybridized carbons (Fsp3) is 0.438. The fourth-order valence-corrected chi connectivity index (χ4v) is 3.01. The van der Waals surface area contributed by atoms with Gasteiger partial charge in [-0.2, -0.15) is 0 Å². The van der Waals surface area contributed by atoms with Crippen LogP contribution in [0.5, 0.6) is 0 Å². The SMILES string of the molecule is O=C(CO)N1CCC[C@H](c2nccn2Cc2ccncc2)C1. The number of hydrogen-bond acceptors (Lipinski definition) is 4. The van der Waals surface area contributed by atoms with E-state index in [1.54, 1.807) is 17.3 Å². The fourth-order valence-electron chi connectivity index (χ4n) is 3.01. The van der Waals surface area contributed by atoms with Crippen molar-refractivity contribution in [2.75, 3.05) is 19.7 Å².